The number of amides is 1. The summed E-state index contributed by atoms with van der Waals surface area (Å²) in [5.41, 5.74) is 2.80. The highest BCUT2D eigenvalue weighted by atomic mass is 32.2. The lowest BCUT2D eigenvalue weighted by Crippen LogP contribution is -2.25. The third kappa shape index (κ3) is 5.78. The molecule has 0 spiro atoms. The van der Waals surface area contributed by atoms with Crippen LogP contribution in [0.5, 0.6) is 0 Å². The first kappa shape index (κ1) is 23.8. The summed E-state index contributed by atoms with van der Waals surface area (Å²) in [5, 5.41) is 2.91. The van der Waals surface area contributed by atoms with Crippen LogP contribution in [-0.4, -0.2) is 32.3 Å². The monoisotopic (exact) mass is 485 g/mol. The van der Waals surface area contributed by atoms with Crippen molar-refractivity contribution in [3.8, 4) is 0 Å². The Kier molecular flexibility index (Phi) is 7.23. The highest BCUT2D eigenvalue weighted by molar-refractivity contribution is 7.92. The molecule has 1 saturated heterocycles. The number of nitrogens with one attached hydrogen (secondary N) is 2. The maximum atomic E-state index is 13.4. The second-order valence-electron chi connectivity index (χ2n) is 8.19. The van der Waals surface area contributed by atoms with Crippen LogP contribution >= 0.6 is 0 Å². The maximum Gasteiger partial charge on any atom is 0.261 e. The first-order chi connectivity index (χ1) is 16.3. The predicted octanol–water partition coefficient (Wildman–Crippen LogP) is 4.29. The van der Waals surface area contributed by atoms with E-state index in [9.17, 15) is 22.0 Å². The van der Waals surface area contributed by atoms with Gasteiger partial charge in [0.15, 0.2) is 11.6 Å². The van der Waals surface area contributed by atoms with Gasteiger partial charge in [0, 0.05) is 24.3 Å². The third-order valence-electron chi connectivity index (χ3n) is 5.75. The second-order valence-corrected chi connectivity index (χ2v) is 9.88. The number of rotatable bonds is 8. The molecule has 3 aromatic carbocycles. The Morgan fingerprint density at radius 1 is 0.882 bits per heavy atom. The molecule has 2 N–H and O–H groups in total. The highest BCUT2D eigenvalue weighted by Gasteiger charge is 2.17. The minimum atomic E-state index is -4.11. The smallest absolute Gasteiger partial charge is 0.261 e. The second kappa shape index (κ2) is 10.3. The average molecular weight is 486 g/mol. The quantitative estimate of drug-likeness (QED) is 0.499. The molecular weight excluding hydrogens is 460 g/mol. The standard InChI is InChI=1S/C25H25F2N3O3S/c26-23-12-11-22(15-24(23)27)34(32,33)29-21-9-7-18(8-10-21)25(31)28-16-19-5-1-2-6-20(19)17-30-13-3-4-14-30/h1-2,5-12,15,29H,3-4,13-14,16-17H2,(H,28,31). The predicted molar refractivity (Wildman–Crippen MR) is 126 cm³/mol. The number of hydrogen-bond acceptors (Lipinski definition) is 4. The van der Waals surface area contributed by atoms with E-state index in [2.05, 4.69) is 21.0 Å². The number of carbonyl (C=O) groups excluding carboxylic acids is 1. The van der Waals surface area contributed by atoms with Crippen LogP contribution in [0.1, 0.15) is 34.3 Å². The van der Waals surface area contributed by atoms with Crippen molar-refractivity contribution in [2.75, 3.05) is 17.8 Å². The zero-order chi connectivity index (χ0) is 24.1. The van der Waals surface area contributed by atoms with Gasteiger partial charge in [-0.2, -0.15) is 0 Å². The van der Waals surface area contributed by atoms with Crippen LogP contribution in [0.25, 0.3) is 0 Å². The molecule has 178 valence electrons. The molecule has 4 rings (SSSR count). The molecule has 0 unspecified atom stereocenters. The molecule has 1 heterocycles. The van der Waals surface area contributed by atoms with E-state index in [1.165, 1.54) is 42.7 Å². The first-order valence-electron chi connectivity index (χ1n) is 11.0. The van der Waals surface area contributed by atoms with Gasteiger partial charge >= 0.3 is 0 Å². The Labute approximate surface area is 197 Å². The summed E-state index contributed by atoms with van der Waals surface area (Å²) in [7, 11) is -4.11. The fourth-order valence-electron chi connectivity index (χ4n) is 3.89. The third-order valence-corrected chi connectivity index (χ3v) is 7.13. The van der Waals surface area contributed by atoms with Crippen LogP contribution in [0.15, 0.2) is 71.6 Å². The Hall–Kier alpha value is -3.30. The molecule has 34 heavy (non-hydrogen) atoms. The van der Waals surface area contributed by atoms with Gasteiger partial charge in [0.2, 0.25) is 0 Å². The van der Waals surface area contributed by atoms with Crippen LogP contribution in [0.4, 0.5) is 14.5 Å². The molecule has 1 aliphatic rings. The van der Waals surface area contributed by atoms with E-state index in [0.29, 0.717) is 18.2 Å². The van der Waals surface area contributed by atoms with Crippen LogP contribution in [0.3, 0.4) is 0 Å². The summed E-state index contributed by atoms with van der Waals surface area (Å²) in [6, 6.07) is 16.2. The molecule has 0 aromatic heterocycles. The van der Waals surface area contributed by atoms with E-state index >= 15 is 0 Å². The lowest BCUT2D eigenvalue weighted by atomic mass is 10.1. The molecule has 0 bridgehead atoms. The van der Waals surface area contributed by atoms with Crippen molar-refractivity contribution in [3.63, 3.8) is 0 Å². The summed E-state index contributed by atoms with van der Waals surface area (Å²) in [4.78, 5) is 14.6. The molecule has 1 fully saturated rings. The van der Waals surface area contributed by atoms with Crippen LogP contribution in [-0.2, 0) is 23.1 Å². The van der Waals surface area contributed by atoms with E-state index in [4.69, 9.17) is 0 Å². The summed E-state index contributed by atoms with van der Waals surface area (Å²) < 4.78 is 53.6. The number of hydrogen-bond donors (Lipinski definition) is 2. The zero-order valence-corrected chi connectivity index (χ0v) is 19.2. The largest absolute Gasteiger partial charge is 0.348 e. The van der Waals surface area contributed by atoms with E-state index in [-0.39, 0.29) is 11.6 Å². The molecule has 3 aromatic rings. The molecule has 0 saturated carbocycles. The normalized spacial score (nSPS) is 14.2. The SMILES string of the molecule is O=C(NCc1ccccc1CN1CCCC1)c1ccc(NS(=O)(=O)c2ccc(F)c(F)c2)cc1. The summed E-state index contributed by atoms with van der Waals surface area (Å²) >= 11 is 0. The van der Waals surface area contributed by atoms with E-state index in [1.807, 2.05) is 18.2 Å². The Morgan fingerprint density at radius 3 is 2.24 bits per heavy atom. The van der Waals surface area contributed by atoms with Gasteiger partial charge < -0.3 is 5.32 Å². The minimum Gasteiger partial charge on any atom is -0.348 e. The maximum absolute atomic E-state index is 13.4. The minimum absolute atomic E-state index is 0.192. The van der Waals surface area contributed by atoms with Crippen molar-refractivity contribution in [2.45, 2.75) is 30.8 Å². The molecule has 1 aliphatic heterocycles. The molecule has 9 heteroatoms. The number of sulfonamides is 1. The number of likely N-dealkylation sites (tertiary alicyclic amines) is 1. The average Bonchev–Trinajstić information content (AvgIpc) is 3.33. The highest BCUT2D eigenvalue weighted by Crippen LogP contribution is 2.19. The molecule has 6 nitrogen and oxygen atoms in total. The number of nitrogens with zero attached hydrogens (tertiary/aromatic N) is 1. The summed E-state index contributed by atoms with van der Waals surface area (Å²) in [6.07, 6.45) is 2.43. The molecule has 0 atom stereocenters. The van der Waals surface area contributed by atoms with E-state index in [1.54, 1.807) is 0 Å². The number of halogens is 2. The van der Waals surface area contributed by atoms with Crippen molar-refractivity contribution < 1.29 is 22.0 Å². The topological polar surface area (TPSA) is 78.5 Å². The Balaban J connectivity index is 1.38. The fourth-order valence-corrected chi connectivity index (χ4v) is 4.96. The molecular formula is C25H25F2N3O3S. The summed E-state index contributed by atoms with van der Waals surface area (Å²) in [5.74, 6) is -2.67. The van der Waals surface area contributed by atoms with Gasteiger partial charge in [-0.05, 0) is 79.5 Å². The van der Waals surface area contributed by atoms with Crippen LogP contribution in [0.2, 0.25) is 0 Å². The van der Waals surface area contributed by atoms with Gasteiger partial charge in [-0.25, -0.2) is 17.2 Å². The van der Waals surface area contributed by atoms with Crippen molar-refractivity contribution in [1.29, 1.82) is 0 Å². The Morgan fingerprint density at radius 2 is 1.56 bits per heavy atom. The zero-order valence-electron chi connectivity index (χ0n) is 18.4. The number of benzene rings is 3. The van der Waals surface area contributed by atoms with Crippen molar-refractivity contribution in [3.05, 3.63) is 95.1 Å². The molecule has 1 amide bonds. The van der Waals surface area contributed by atoms with Gasteiger partial charge in [-0.15, -0.1) is 0 Å². The summed E-state index contributed by atoms with van der Waals surface area (Å²) in [6.45, 7) is 3.42. The molecule has 0 aliphatic carbocycles. The first-order valence-corrected chi connectivity index (χ1v) is 12.5. The lowest BCUT2D eigenvalue weighted by Gasteiger charge is -2.17. The lowest BCUT2D eigenvalue weighted by molar-refractivity contribution is 0.0950. The van der Waals surface area contributed by atoms with Gasteiger partial charge in [0.1, 0.15) is 0 Å². The molecule has 0 radical (unpaired) electrons. The van der Waals surface area contributed by atoms with Gasteiger partial charge in [0.05, 0.1) is 4.90 Å². The van der Waals surface area contributed by atoms with Gasteiger partial charge in [-0.3, -0.25) is 14.4 Å². The van der Waals surface area contributed by atoms with Gasteiger partial charge in [0.25, 0.3) is 15.9 Å². The fraction of sp³-hybridized carbons (Fsp3) is 0.240. The van der Waals surface area contributed by atoms with E-state index < -0.39 is 26.6 Å². The number of carbonyl (C=O) groups is 1. The van der Waals surface area contributed by atoms with Gasteiger partial charge in [-0.1, -0.05) is 24.3 Å². The number of anilines is 1. The Bertz CT molecular complexity index is 1270. The van der Waals surface area contributed by atoms with Crippen LogP contribution < -0.4 is 10.0 Å². The van der Waals surface area contributed by atoms with Crippen molar-refractivity contribution >= 4 is 21.6 Å². The van der Waals surface area contributed by atoms with Crippen molar-refractivity contribution in [1.82, 2.24) is 10.2 Å². The van der Waals surface area contributed by atoms with Crippen LogP contribution in [0, 0.1) is 11.6 Å². The van der Waals surface area contributed by atoms with E-state index in [0.717, 1.165) is 37.3 Å². The van der Waals surface area contributed by atoms with Crippen molar-refractivity contribution in [2.24, 2.45) is 0 Å².